The van der Waals surface area contributed by atoms with Crippen molar-refractivity contribution in [2.75, 3.05) is 0 Å². The van der Waals surface area contributed by atoms with Crippen LogP contribution in [0, 0.1) is 17.3 Å². The monoisotopic (exact) mass is 689 g/mol. The number of hydrogen-bond donors (Lipinski definition) is 4. The van der Waals surface area contributed by atoms with Crippen molar-refractivity contribution in [3.05, 3.63) is 28.8 Å². The van der Waals surface area contributed by atoms with E-state index in [9.17, 15) is 25.4 Å². The standard InChI is InChI=1S/C40H68N2O7/c1-16-17-18-30(25-19-28(34(2,3)4)31(43)29(20-25)35(5,6)7)49-33(46)40(32(44)45,26-21-36(8,9)41(47)37(10,11)22-26)27-23-38(12,13)42(48)39(14,15)24-27/h19-20,26-27,30,43,47-48H,16-18,21-24H2,1-15H3,(H,44,45). The number of benzene rings is 1. The molecule has 4 N–H and O–H groups in total. The molecule has 2 aliphatic heterocycles. The summed E-state index contributed by atoms with van der Waals surface area (Å²) in [6.45, 7) is 29.3. The van der Waals surface area contributed by atoms with E-state index in [0.29, 0.717) is 6.42 Å². The second kappa shape index (κ2) is 13.4. The number of phenols is 1. The van der Waals surface area contributed by atoms with E-state index in [0.717, 1.165) is 29.5 Å². The fraction of sp³-hybridized carbons (Fsp3) is 0.800. The lowest BCUT2D eigenvalue weighted by Gasteiger charge is -2.59. The highest BCUT2D eigenvalue weighted by molar-refractivity contribution is 6.00. The minimum absolute atomic E-state index is 0.227. The molecule has 9 heteroatoms. The van der Waals surface area contributed by atoms with Crippen molar-refractivity contribution < 1.29 is 35.0 Å². The Bertz CT molecular complexity index is 1270. The predicted molar refractivity (Wildman–Crippen MR) is 193 cm³/mol. The van der Waals surface area contributed by atoms with Gasteiger partial charge in [-0.2, -0.15) is 10.1 Å². The molecule has 1 unspecified atom stereocenters. The number of carboxylic acid groups (broad SMARTS) is 1. The third-order valence-corrected chi connectivity index (χ3v) is 11.4. The van der Waals surface area contributed by atoms with E-state index >= 15 is 4.79 Å². The maximum Gasteiger partial charge on any atom is 0.324 e. The molecule has 2 saturated heterocycles. The van der Waals surface area contributed by atoms with Crippen LogP contribution in [0.2, 0.25) is 0 Å². The van der Waals surface area contributed by atoms with E-state index in [4.69, 9.17) is 4.74 Å². The second-order valence-electron chi connectivity index (χ2n) is 19.8. The molecule has 0 aliphatic carbocycles. The maximum absolute atomic E-state index is 15.3. The summed E-state index contributed by atoms with van der Waals surface area (Å²) in [6, 6.07) is 3.85. The van der Waals surface area contributed by atoms with Crippen LogP contribution in [0.25, 0.3) is 0 Å². The van der Waals surface area contributed by atoms with Gasteiger partial charge in [-0.3, -0.25) is 9.59 Å². The van der Waals surface area contributed by atoms with Crippen molar-refractivity contribution in [1.82, 2.24) is 10.1 Å². The van der Waals surface area contributed by atoms with Gasteiger partial charge in [0.1, 0.15) is 11.9 Å². The lowest BCUT2D eigenvalue weighted by atomic mass is 9.54. The molecule has 2 fully saturated rings. The smallest absolute Gasteiger partial charge is 0.324 e. The molecule has 49 heavy (non-hydrogen) atoms. The second-order valence-corrected chi connectivity index (χ2v) is 19.8. The highest BCUT2D eigenvalue weighted by Gasteiger charge is 2.66. The van der Waals surface area contributed by atoms with Crippen molar-refractivity contribution in [3.63, 3.8) is 0 Å². The Kier molecular flexibility index (Phi) is 11.3. The SMILES string of the molecule is CCCCC(OC(=O)C(C(=O)O)(C1CC(C)(C)N(O)C(C)(C)C1)C1CC(C)(C)N(O)C(C)(C)C1)c1cc(C(C)(C)C)c(O)c(C(C)(C)C)c1. The Morgan fingerprint density at radius 1 is 0.776 bits per heavy atom. The summed E-state index contributed by atoms with van der Waals surface area (Å²) in [7, 11) is 0. The zero-order valence-corrected chi connectivity index (χ0v) is 33.2. The molecule has 3 rings (SSSR count). The van der Waals surface area contributed by atoms with Gasteiger partial charge in [0.25, 0.3) is 0 Å². The maximum atomic E-state index is 15.3. The van der Waals surface area contributed by atoms with Crippen molar-refractivity contribution >= 4 is 11.9 Å². The predicted octanol–water partition coefficient (Wildman–Crippen LogP) is 9.15. The van der Waals surface area contributed by atoms with Crippen molar-refractivity contribution in [1.29, 1.82) is 0 Å². The van der Waals surface area contributed by atoms with Crippen LogP contribution in [0.15, 0.2) is 12.1 Å². The molecular weight excluding hydrogens is 620 g/mol. The van der Waals surface area contributed by atoms with Gasteiger partial charge < -0.3 is 25.4 Å². The molecule has 1 aromatic rings. The first-order valence-electron chi connectivity index (χ1n) is 18.3. The summed E-state index contributed by atoms with van der Waals surface area (Å²) in [5.74, 6) is -3.11. The Labute approximate surface area is 296 Å². The molecule has 1 aromatic carbocycles. The Morgan fingerprint density at radius 3 is 1.41 bits per heavy atom. The van der Waals surface area contributed by atoms with Gasteiger partial charge in [-0.05, 0) is 145 Å². The first-order valence-corrected chi connectivity index (χ1v) is 18.3. The lowest BCUT2D eigenvalue weighted by Crippen LogP contribution is -2.68. The van der Waals surface area contributed by atoms with Crippen LogP contribution in [0.4, 0.5) is 0 Å². The fourth-order valence-electron chi connectivity index (χ4n) is 9.18. The zero-order chi connectivity index (χ0) is 37.9. The van der Waals surface area contributed by atoms with Crippen LogP contribution in [-0.2, 0) is 25.2 Å². The molecule has 2 aliphatic rings. The largest absolute Gasteiger partial charge is 0.507 e. The summed E-state index contributed by atoms with van der Waals surface area (Å²) in [5.41, 5.74) is -3.84. The number of carboxylic acids is 1. The number of hydroxylamine groups is 4. The Morgan fingerprint density at radius 2 is 1.12 bits per heavy atom. The number of aliphatic carboxylic acids is 1. The van der Waals surface area contributed by atoms with Gasteiger partial charge in [0.2, 0.25) is 0 Å². The minimum atomic E-state index is -1.97. The average Bonchev–Trinajstić information content (AvgIpc) is 2.91. The van der Waals surface area contributed by atoms with Gasteiger partial charge in [-0.25, -0.2) is 0 Å². The number of nitrogens with zero attached hydrogens (tertiary/aromatic N) is 2. The average molecular weight is 689 g/mol. The van der Waals surface area contributed by atoms with Crippen LogP contribution in [0.3, 0.4) is 0 Å². The molecule has 0 saturated carbocycles. The van der Waals surface area contributed by atoms with Crippen LogP contribution in [-0.4, -0.2) is 64.8 Å². The summed E-state index contributed by atoms with van der Waals surface area (Å²) >= 11 is 0. The van der Waals surface area contributed by atoms with E-state index in [1.54, 1.807) is 0 Å². The normalized spacial score (nSPS) is 22.9. The van der Waals surface area contributed by atoms with Crippen molar-refractivity contribution in [2.45, 2.75) is 188 Å². The van der Waals surface area contributed by atoms with Crippen molar-refractivity contribution in [3.8, 4) is 5.75 Å². The fourth-order valence-corrected chi connectivity index (χ4v) is 9.18. The van der Waals surface area contributed by atoms with Crippen LogP contribution in [0.5, 0.6) is 5.75 Å². The highest BCUT2D eigenvalue weighted by Crippen LogP contribution is 2.57. The first kappa shape index (κ1) is 41.2. The number of aromatic hydroxyl groups is 1. The van der Waals surface area contributed by atoms with E-state index in [-0.39, 0.29) is 31.4 Å². The number of esters is 1. The molecule has 280 valence electrons. The minimum Gasteiger partial charge on any atom is -0.507 e. The van der Waals surface area contributed by atoms with Crippen LogP contribution < -0.4 is 0 Å². The number of phenolic OH excluding ortho intramolecular Hbond substituents is 1. The number of unbranched alkanes of at least 4 members (excludes halogenated alkanes) is 1. The highest BCUT2D eigenvalue weighted by atomic mass is 16.5. The molecule has 0 spiro atoms. The quantitative estimate of drug-likeness (QED) is 0.148. The number of piperidine rings is 2. The number of hydrogen-bond acceptors (Lipinski definition) is 8. The Balaban J connectivity index is 2.33. The van der Waals surface area contributed by atoms with E-state index in [1.165, 1.54) is 10.1 Å². The molecule has 1 atom stereocenters. The molecular formula is C40H68N2O7. The zero-order valence-electron chi connectivity index (χ0n) is 33.2. The van der Waals surface area contributed by atoms with E-state index in [1.807, 2.05) is 109 Å². The summed E-state index contributed by atoms with van der Waals surface area (Å²) in [6.07, 6.45) is 2.39. The van der Waals surface area contributed by atoms with Crippen LogP contribution >= 0.6 is 0 Å². The number of rotatable bonds is 9. The molecule has 0 aromatic heterocycles. The van der Waals surface area contributed by atoms with Gasteiger partial charge in [0, 0.05) is 22.2 Å². The number of carbonyl (C=O) groups excluding carboxylic acids is 1. The first-order chi connectivity index (χ1) is 22.0. The Hall–Kier alpha value is -2.20. The van der Waals surface area contributed by atoms with E-state index in [2.05, 4.69) is 6.92 Å². The number of carbonyl (C=O) groups is 2. The summed E-state index contributed by atoms with van der Waals surface area (Å²) < 4.78 is 6.62. The van der Waals surface area contributed by atoms with Crippen LogP contribution in [0.1, 0.15) is 172 Å². The molecule has 0 amide bonds. The molecule has 0 bridgehead atoms. The third kappa shape index (κ3) is 7.85. The topological polar surface area (TPSA) is 131 Å². The van der Waals surface area contributed by atoms with Gasteiger partial charge >= 0.3 is 11.9 Å². The van der Waals surface area contributed by atoms with Gasteiger partial charge in [-0.1, -0.05) is 54.9 Å². The van der Waals surface area contributed by atoms with Gasteiger partial charge in [0.05, 0.1) is 0 Å². The summed E-state index contributed by atoms with van der Waals surface area (Å²) in [4.78, 5) is 29.4. The van der Waals surface area contributed by atoms with Crippen molar-refractivity contribution in [2.24, 2.45) is 17.3 Å². The van der Waals surface area contributed by atoms with E-state index < -0.39 is 68.3 Å². The molecule has 0 radical (unpaired) electrons. The van der Waals surface area contributed by atoms with Gasteiger partial charge in [-0.15, -0.1) is 0 Å². The lowest BCUT2D eigenvalue weighted by molar-refractivity contribution is -0.276. The third-order valence-electron chi connectivity index (χ3n) is 11.4. The van der Waals surface area contributed by atoms with Gasteiger partial charge in [0.15, 0.2) is 5.41 Å². The molecule has 9 nitrogen and oxygen atoms in total. The molecule has 2 heterocycles. The number of ether oxygens (including phenoxy) is 1. The summed E-state index contributed by atoms with van der Waals surface area (Å²) in [5, 5.41) is 48.1.